The minimum Gasteiger partial charge on any atom is -0.394 e. The molecule has 0 saturated carbocycles. The molecule has 0 saturated heterocycles. The molecule has 1 rings (SSSR count). The van der Waals surface area contributed by atoms with Gasteiger partial charge in [0.2, 0.25) is 0 Å². The van der Waals surface area contributed by atoms with Crippen molar-refractivity contribution in [3.63, 3.8) is 0 Å². The second-order valence-electron chi connectivity index (χ2n) is 1.88. The van der Waals surface area contributed by atoms with Gasteiger partial charge in [-0.2, -0.15) is 0 Å². The first kappa shape index (κ1) is 8.39. The Morgan fingerprint density at radius 1 is 1.18 bits per heavy atom. The third-order valence-corrected chi connectivity index (χ3v) is 1.73. The normalized spacial score (nSPS) is 10.2. The molecule has 11 heavy (non-hydrogen) atoms. The SMILES string of the molecule is Nc1c(F)cc(Br)c(F)c1F. The smallest absolute Gasteiger partial charge is 0.185 e. The fourth-order valence-corrected chi connectivity index (χ4v) is 0.955. The summed E-state index contributed by atoms with van der Waals surface area (Å²) in [6.07, 6.45) is 0. The summed E-state index contributed by atoms with van der Waals surface area (Å²) in [6.45, 7) is 0. The van der Waals surface area contributed by atoms with Crippen molar-refractivity contribution in [3.8, 4) is 0 Å². The maximum atomic E-state index is 12.5. The molecule has 0 aliphatic heterocycles. The van der Waals surface area contributed by atoms with Gasteiger partial charge in [-0.25, -0.2) is 13.2 Å². The van der Waals surface area contributed by atoms with Crippen molar-refractivity contribution in [1.82, 2.24) is 0 Å². The molecule has 2 N–H and O–H groups in total. The molecule has 1 aromatic carbocycles. The summed E-state index contributed by atoms with van der Waals surface area (Å²) in [5.74, 6) is -3.52. The number of hydrogen-bond acceptors (Lipinski definition) is 1. The maximum absolute atomic E-state index is 12.5. The molecule has 0 aromatic heterocycles. The molecule has 0 amide bonds. The second kappa shape index (κ2) is 2.73. The zero-order chi connectivity index (χ0) is 8.59. The fourth-order valence-electron chi connectivity index (χ4n) is 0.580. The fraction of sp³-hybridized carbons (Fsp3) is 0. The molecule has 1 aromatic rings. The van der Waals surface area contributed by atoms with Gasteiger partial charge >= 0.3 is 0 Å². The van der Waals surface area contributed by atoms with E-state index in [2.05, 4.69) is 15.9 Å². The highest BCUT2D eigenvalue weighted by Gasteiger charge is 2.14. The lowest BCUT2D eigenvalue weighted by atomic mass is 10.3. The van der Waals surface area contributed by atoms with Crippen molar-refractivity contribution in [1.29, 1.82) is 0 Å². The Bertz CT molecular complexity index is 274. The maximum Gasteiger partial charge on any atom is 0.185 e. The lowest BCUT2D eigenvalue weighted by molar-refractivity contribution is 0.495. The van der Waals surface area contributed by atoms with E-state index in [9.17, 15) is 13.2 Å². The van der Waals surface area contributed by atoms with Gasteiger partial charge in [0.25, 0.3) is 0 Å². The lowest BCUT2D eigenvalue weighted by Gasteiger charge is -2.00. The Morgan fingerprint density at radius 3 is 2.27 bits per heavy atom. The van der Waals surface area contributed by atoms with Crippen LogP contribution in [0, 0.1) is 17.5 Å². The number of halogens is 4. The Balaban J connectivity index is 3.46. The molecular formula is C6H3BrF3N. The van der Waals surface area contributed by atoms with Crippen LogP contribution in [-0.2, 0) is 0 Å². The van der Waals surface area contributed by atoms with Gasteiger partial charge in [0.05, 0.1) is 4.47 Å². The Morgan fingerprint density at radius 2 is 1.73 bits per heavy atom. The van der Waals surface area contributed by atoms with Crippen molar-refractivity contribution < 1.29 is 13.2 Å². The molecule has 1 nitrogen and oxygen atoms in total. The minimum absolute atomic E-state index is 0.276. The highest BCUT2D eigenvalue weighted by Crippen LogP contribution is 2.25. The van der Waals surface area contributed by atoms with E-state index in [0.29, 0.717) is 0 Å². The molecule has 0 bridgehead atoms. The van der Waals surface area contributed by atoms with Crippen molar-refractivity contribution in [3.05, 3.63) is 28.0 Å². The monoisotopic (exact) mass is 225 g/mol. The molecule has 0 aliphatic carbocycles. The van der Waals surface area contributed by atoms with Gasteiger partial charge < -0.3 is 5.73 Å². The zero-order valence-corrected chi connectivity index (χ0v) is 6.75. The Kier molecular flexibility index (Phi) is 2.08. The molecule has 0 aliphatic rings. The molecule has 0 radical (unpaired) electrons. The van der Waals surface area contributed by atoms with Crippen molar-refractivity contribution >= 4 is 21.6 Å². The van der Waals surface area contributed by atoms with Gasteiger partial charge in [0.15, 0.2) is 11.6 Å². The van der Waals surface area contributed by atoms with E-state index in [0.717, 1.165) is 6.07 Å². The summed E-state index contributed by atoms with van der Waals surface area (Å²) in [5, 5.41) is 0. The topological polar surface area (TPSA) is 26.0 Å². The zero-order valence-electron chi connectivity index (χ0n) is 5.17. The summed E-state index contributed by atoms with van der Waals surface area (Å²) < 4.78 is 37.2. The predicted molar refractivity (Wildman–Crippen MR) is 38.4 cm³/mol. The van der Waals surface area contributed by atoms with Crippen LogP contribution in [0.3, 0.4) is 0 Å². The Labute approximate surface area is 69.1 Å². The van der Waals surface area contributed by atoms with Gasteiger partial charge in [-0.15, -0.1) is 0 Å². The van der Waals surface area contributed by atoms with Crippen LogP contribution in [0.25, 0.3) is 0 Å². The predicted octanol–water partition coefficient (Wildman–Crippen LogP) is 2.45. The first-order chi connectivity index (χ1) is 5.04. The van der Waals surface area contributed by atoms with Crippen LogP contribution in [0.4, 0.5) is 18.9 Å². The summed E-state index contributed by atoms with van der Waals surface area (Å²) in [6, 6.07) is 0.772. The second-order valence-corrected chi connectivity index (χ2v) is 2.74. The highest BCUT2D eigenvalue weighted by molar-refractivity contribution is 9.10. The van der Waals surface area contributed by atoms with Gasteiger partial charge in [0.1, 0.15) is 11.5 Å². The number of hydrogen-bond donors (Lipinski definition) is 1. The quantitative estimate of drug-likeness (QED) is 0.410. The number of nitrogen functional groups attached to an aromatic ring is 1. The molecule has 0 spiro atoms. The van der Waals surface area contributed by atoms with Crippen LogP contribution in [0.15, 0.2) is 10.5 Å². The molecule has 0 heterocycles. The Hall–Kier alpha value is -0.710. The lowest BCUT2D eigenvalue weighted by Crippen LogP contribution is -1.98. The van der Waals surface area contributed by atoms with Crippen LogP contribution >= 0.6 is 15.9 Å². The van der Waals surface area contributed by atoms with Crippen LogP contribution in [-0.4, -0.2) is 0 Å². The van der Waals surface area contributed by atoms with E-state index in [1.165, 1.54) is 0 Å². The van der Waals surface area contributed by atoms with E-state index >= 15 is 0 Å². The standard InChI is InChI=1S/C6H3BrF3N/c7-2-1-3(8)6(11)5(10)4(2)9/h1H,11H2. The summed E-state index contributed by atoms with van der Waals surface area (Å²) in [7, 11) is 0. The molecule has 0 atom stereocenters. The highest BCUT2D eigenvalue weighted by atomic mass is 79.9. The number of benzene rings is 1. The van der Waals surface area contributed by atoms with E-state index in [1.54, 1.807) is 0 Å². The molecule has 60 valence electrons. The van der Waals surface area contributed by atoms with E-state index in [1.807, 2.05) is 0 Å². The third kappa shape index (κ3) is 1.33. The van der Waals surface area contributed by atoms with Crippen molar-refractivity contribution in [2.45, 2.75) is 0 Å². The van der Waals surface area contributed by atoms with Crippen molar-refractivity contribution in [2.75, 3.05) is 5.73 Å². The van der Waals surface area contributed by atoms with Gasteiger partial charge in [-0.05, 0) is 22.0 Å². The summed E-state index contributed by atoms with van der Waals surface area (Å²) >= 11 is 2.62. The first-order valence-corrected chi connectivity index (χ1v) is 3.41. The van der Waals surface area contributed by atoms with Gasteiger partial charge in [-0.1, -0.05) is 0 Å². The minimum atomic E-state index is -1.36. The first-order valence-electron chi connectivity index (χ1n) is 2.62. The van der Waals surface area contributed by atoms with E-state index < -0.39 is 23.1 Å². The van der Waals surface area contributed by atoms with Crippen LogP contribution in [0.2, 0.25) is 0 Å². The van der Waals surface area contributed by atoms with E-state index in [-0.39, 0.29) is 4.47 Å². The van der Waals surface area contributed by atoms with Gasteiger partial charge in [-0.3, -0.25) is 0 Å². The number of rotatable bonds is 0. The number of anilines is 1. The summed E-state index contributed by atoms with van der Waals surface area (Å²) in [4.78, 5) is 0. The average Bonchev–Trinajstić information content (AvgIpc) is 1.97. The molecule has 5 heteroatoms. The van der Waals surface area contributed by atoms with Crippen molar-refractivity contribution in [2.24, 2.45) is 0 Å². The molecule has 0 unspecified atom stereocenters. The van der Waals surface area contributed by atoms with Crippen LogP contribution < -0.4 is 5.73 Å². The van der Waals surface area contributed by atoms with Crippen LogP contribution in [0.5, 0.6) is 0 Å². The van der Waals surface area contributed by atoms with Gasteiger partial charge in [0, 0.05) is 0 Å². The summed E-state index contributed by atoms with van der Waals surface area (Å²) in [5.41, 5.74) is 4.04. The molecule has 0 fully saturated rings. The van der Waals surface area contributed by atoms with Crippen LogP contribution in [0.1, 0.15) is 0 Å². The third-order valence-electron chi connectivity index (χ3n) is 1.15. The van der Waals surface area contributed by atoms with E-state index in [4.69, 9.17) is 5.73 Å². The average molecular weight is 226 g/mol. The number of nitrogens with two attached hydrogens (primary N) is 1. The molecular weight excluding hydrogens is 223 g/mol. The largest absolute Gasteiger partial charge is 0.394 e.